The summed E-state index contributed by atoms with van der Waals surface area (Å²) in [6, 6.07) is 5.57. The Morgan fingerprint density at radius 2 is 2.00 bits per heavy atom. The molecule has 0 saturated heterocycles. The molecule has 2 aromatic heterocycles. The Morgan fingerprint density at radius 1 is 1.24 bits per heavy atom. The van der Waals surface area contributed by atoms with Crippen LogP contribution < -0.4 is 16.0 Å². The number of hydrogen-bond acceptors (Lipinski definition) is 7. The lowest BCUT2D eigenvalue weighted by Gasteiger charge is -2.20. The topological polar surface area (TPSA) is 96.4 Å². The summed E-state index contributed by atoms with van der Waals surface area (Å²) in [6.07, 6.45) is 1.91. The molecule has 180 valence electrons. The standard InChI is InChI=1S/C24H31N3O4S.ClH/c1-5-7-10-31-21-18-11-16(22-26-19(14-32-22)24(29)30-6-2)8-9-17(18)23(28)27(13-15(3)4)20(21)12-25;/h8-9,11,14-15H,5-7,10,12-13,25H2,1-4H3;1H. The first kappa shape index (κ1) is 26.8. The Hall–Kier alpha value is -2.42. The van der Waals surface area contributed by atoms with Gasteiger partial charge in [0.15, 0.2) is 5.69 Å². The fourth-order valence-corrected chi connectivity index (χ4v) is 4.33. The lowest BCUT2D eigenvalue weighted by Crippen LogP contribution is -2.28. The highest BCUT2D eigenvalue weighted by atomic mass is 35.5. The van der Waals surface area contributed by atoms with E-state index in [0.717, 1.165) is 23.8 Å². The molecule has 0 aliphatic heterocycles. The monoisotopic (exact) mass is 493 g/mol. The normalized spacial score (nSPS) is 11.0. The van der Waals surface area contributed by atoms with Crippen molar-refractivity contribution >= 4 is 40.5 Å². The summed E-state index contributed by atoms with van der Waals surface area (Å²) in [5.41, 5.74) is 7.82. The van der Waals surface area contributed by atoms with Gasteiger partial charge < -0.3 is 19.8 Å². The van der Waals surface area contributed by atoms with E-state index in [1.165, 1.54) is 11.3 Å². The SMILES string of the molecule is CCCCOc1c(CN)n(CC(C)C)c(=O)c2ccc(-c3nc(C(=O)OCC)cs3)cc12.Cl. The molecule has 0 aliphatic rings. The molecular formula is C24H32ClN3O4S. The summed E-state index contributed by atoms with van der Waals surface area (Å²) in [4.78, 5) is 29.7. The number of fused-ring (bicyclic) bond motifs is 1. The minimum absolute atomic E-state index is 0. The third-order valence-electron chi connectivity index (χ3n) is 5.05. The molecule has 33 heavy (non-hydrogen) atoms. The lowest BCUT2D eigenvalue weighted by atomic mass is 10.1. The van der Waals surface area contributed by atoms with Crippen molar-refractivity contribution < 1.29 is 14.3 Å². The number of pyridine rings is 1. The molecule has 2 heterocycles. The van der Waals surface area contributed by atoms with Crippen molar-refractivity contribution in [1.29, 1.82) is 0 Å². The third kappa shape index (κ3) is 5.93. The highest BCUT2D eigenvalue weighted by Crippen LogP contribution is 2.33. The molecule has 0 radical (unpaired) electrons. The van der Waals surface area contributed by atoms with Gasteiger partial charge >= 0.3 is 5.97 Å². The molecule has 9 heteroatoms. The van der Waals surface area contributed by atoms with Gasteiger partial charge in [0.1, 0.15) is 10.8 Å². The number of hydrogen-bond donors (Lipinski definition) is 1. The molecule has 7 nitrogen and oxygen atoms in total. The molecule has 2 N–H and O–H groups in total. The van der Waals surface area contributed by atoms with E-state index >= 15 is 0 Å². The van der Waals surface area contributed by atoms with Crippen molar-refractivity contribution in [2.45, 2.75) is 53.6 Å². The second-order valence-electron chi connectivity index (χ2n) is 8.01. The summed E-state index contributed by atoms with van der Waals surface area (Å²) in [5.74, 6) is 0.497. The molecule has 0 spiro atoms. The summed E-state index contributed by atoms with van der Waals surface area (Å²) >= 11 is 1.36. The van der Waals surface area contributed by atoms with Gasteiger partial charge in [-0.05, 0) is 31.4 Å². The maximum absolute atomic E-state index is 13.3. The number of halogens is 1. The zero-order valence-corrected chi connectivity index (χ0v) is 21.2. The average Bonchev–Trinajstić information content (AvgIpc) is 3.27. The van der Waals surface area contributed by atoms with Crippen LogP contribution in [0.1, 0.15) is 56.7 Å². The van der Waals surface area contributed by atoms with E-state index < -0.39 is 5.97 Å². The van der Waals surface area contributed by atoms with Crippen LogP contribution in [0.15, 0.2) is 28.4 Å². The number of benzene rings is 1. The predicted molar refractivity (Wildman–Crippen MR) is 136 cm³/mol. The first-order valence-electron chi connectivity index (χ1n) is 11.1. The van der Waals surface area contributed by atoms with Crippen LogP contribution >= 0.6 is 23.7 Å². The average molecular weight is 494 g/mol. The van der Waals surface area contributed by atoms with Crippen molar-refractivity contribution in [3.63, 3.8) is 0 Å². The largest absolute Gasteiger partial charge is 0.491 e. The van der Waals surface area contributed by atoms with Crippen LogP contribution in [0.2, 0.25) is 0 Å². The highest BCUT2D eigenvalue weighted by Gasteiger charge is 2.20. The predicted octanol–water partition coefficient (Wildman–Crippen LogP) is 5.02. The first-order chi connectivity index (χ1) is 15.4. The maximum Gasteiger partial charge on any atom is 0.357 e. The van der Waals surface area contributed by atoms with E-state index in [2.05, 4.69) is 25.8 Å². The summed E-state index contributed by atoms with van der Waals surface area (Å²) < 4.78 is 13.0. The Morgan fingerprint density at radius 3 is 2.64 bits per heavy atom. The Kier molecular flexibility index (Phi) is 9.88. The van der Waals surface area contributed by atoms with Crippen molar-refractivity contribution in [3.8, 4) is 16.3 Å². The Labute approximate surface area is 204 Å². The van der Waals surface area contributed by atoms with E-state index in [0.29, 0.717) is 41.6 Å². The molecule has 3 aromatic rings. The van der Waals surface area contributed by atoms with Gasteiger partial charge in [-0.2, -0.15) is 0 Å². The first-order valence-corrected chi connectivity index (χ1v) is 11.9. The molecule has 0 aliphatic carbocycles. The molecule has 0 saturated carbocycles. The van der Waals surface area contributed by atoms with Crippen LogP contribution in [0, 0.1) is 5.92 Å². The molecule has 0 amide bonds. The van der Waals surface area contributed by atoms with Gasteiger partial charge in [0.05, 0.1) is 24.3 Å². The van der Waals surface area contributed by atoms with Crippen LogP contribution in [0.3, 0.4) is 0 Å². The number of thiazole rings is 1. The second kappa shape index (κ2) is 12.2. The van der Waals surface area contributed by atoms with Gasteiger partial charge in [-0.1, -0.05) is 33.3 Å². The zero-order chi connectivity index (χ0) is 23.3. The van der Waals surface area contributed by atoms with E-state index in [4.69, 9.17) is 15.2 Å². The quantitative estimate of drug-likeness (QED) is 0.314. The molecule has 0 unspecified atom stereocenters. The van der Waals surface area contributed by atoms with E-state index in [1.807, 2.05) is 18.2 Å². The van der Waals surface area contributed by atoms with Crippen LogP contribution in [0.4, 0.5) is 0 Å². The van der Waals surface area contributed by atoms with E-state index in [1.54, 1.807) is 16.9 Å². The molecule has 1 aromatic carbocycles. The van der Waals surface area contributed by atoms with Gasteiger partial charge in [0.2, 0.25) is 0 Å². The van der Waals surface area contributed by atoms with Crippen molar-refractivity contribution in [3.05, 3.63) is 45.3 Å². The summed E-state index contributed by atoms with van der Waals surface area (Å²) in [7, 11) is 0. The summed E-state index contributed by atoms with van der Waals surface area (Å²) in [6.45, 7) is 9.62. The maximum atomic E-state index is 13.3. The third-order valence-corrected chi connectivity index (χ3v) is 5.94. The number of unbranched alkanes of at least 4 members (excludes halogenated alkanes) is 1. The molecular weight excluding hydrogens is 462 g/mol. The molecule has 0 bridgehead atoms. The van der Waals surface area contributed by atoms with Crippen LogP contribution in [-0.2, 0) is 17.8 Å². The number of carbonyl (C=O) groups excluding carboxylic acids is 1. The lowest BCUT2D eigenvalue weighted by molar-refractivity contribution is 0.0520. The van der Waals surface area contributed by atoms with Gasteiger partial charge in [0, 0.05) is 29.4 Å². The zero-order valence-electron chi connectivity index (χ0n) is 19.6. The number of rotatable bonds is 10. The van der Waals surface area contributed by atoms with Gasteiger partial charge in [0.25, 0.3) is 5.56 Å². The van der Waals surface area contributed by atoms with Crippen LogP contribution in [-0.4, -0.2) is 28.7 Å². The number of nitrogens with zero attached hydrogens (tertiary/aromatic N) is 2. The van der Waals surface area contributed by atoms with Gasteiger partial charge in [-0.15, -0.1) is 23.7 Å². The van der Waals surface area contributed by atoms with Crippen molar-refractivity contribution in [2.24, 2.45) is 11.7 Å². The summed E-state index contributed by atoms with van der Waals surface area (Å²) in [5, 5.41) is 3.66. The molecule has 3 rings (SSSR count). The van der Waals surface area contributed by atoms with Crippen molar-refractivity contribution in [1.82, 2.24) is 9.55 Å². The van der Waals surface area contributed by atoms with Crippen LogP contribution in [0.5, 0.6) is 5.75 Å². The van der Waals surface area contributed by atoms with Gasteiger partial charge in [-0.3, -0.25) is 4.79 Å². The highest BCUT2D eigenvalue weighted by molar-refractivity contribution is 7.13. The number of carbonyl (C=O) groups is 1. The van der Waals surface area contributed by atoms with E-state index in [9.17, 15) is 9.59 Å². The number of nitrogens with two attached hydrogens (primary N) is 1. The second-order valence-corrected chi connectivity index (χ2v) is 8.87. The minimum Gasteiger partial charge on any atom is -0.491 e. The number of ether oxygens (including phenoxy) is 2. The Balaban J connectivity index is 0.00000385. The molecule has 0 atom stereocenters. The molecule has 0 fully saturated rings. The van der Waals surface area contributed by atoms with Crippen molar-refractivity contribution in [2.75, 3.05) is 13.2 Å². The fourth-order valence-electron chi connectivity index (χ4n) is 3.54. The number of aromatic nitrogens is 2. The minimum atomic E-state index is -0.443. The van der Waals surface area contributed by atoms with Gasteiger partial charge in [-0.25, -0.2) is 9.78 Å². The number of esters is 1. The Bertz CT molecular complexity index is 1160. The smallest absolute Gasteiger partial charge is 0.357 e. The van der Waals surface area contributed by atoms with E-state index in [-0.39, 0.29) is 36.1 Å². The fraction of sp³-hybridized carbons (Fsp3) is 0.458. The van der Waals surface area contributed by atoms with Crippen LogP contribution in [0.25, 0.3) is 21.3 Å².